The van der Waals surface area contributed by atoms with Gasteiger partial charge in [0.25, 0.3) is 0 Å². The number of hydrogen-bond donors (Lipinski definition) is 1. The Morgan fingerprint density at radius 1 is 1.10 bits per heavy atom. The van der Waals surface area contributed by atoms with Gasteiger partial charge in [-0.3, -0.25) is 9.20 Å². The van der Waals surface area contributed by atoms with Crippen molar-refractivity contribution in [2.45, 2.75) is 26.3 Å². The minimum Gasteiger partial charge on any atom is -0.497 e. The molecule has 0 aliphatic rings. The van der Waals surface area contributed by atoms with E-state index in [-0.39, 0.29) is 5.91 Å². The van der Waals surface area contributed by atoms with Crippen LogP contribution in [-0.4, -0.2) is 22.4 Å². The Morgan fingerprint density at radius 3 is 2.52 bits per heavy atom. The second kappa shape index (κ2) is 8.49. The molecule has 0 bridgehead atoms. The molecule has 5 nitrogen and oxygen atoms in total. The zero-order valence-corrected chi connectivity index (χ0v) is 17.3. The number of thiazole rings is 1. The van der Waals surface area contributed by atoms with Crippen molar-refractivity contribution in [3.63, 3.8) is 0 Å². The van der Waals surface area contributed by atoms with Crippen LogP contribution in [0.2, 0.25) is 0 Å². The largest absolute Gasteiger partial charge is 0.497 e. The number of aryl methyl sites for hydroxylation is 1. The minimum atomic E-state index is -0.0110. The zero-order valence-electron chi connectivity index (χ0n) is 16.5. The lowest BCUT2D eigenvalue weighted by molar-refractivity contribution is -0.120. The maximum atomic E-state index is 12.4. The molecule has 0 aliphatic heterocycles. The average molecular weight is 406 g/mol. The number of carbonyl (C=O) groups excluding carboxylic acids is 1. The van der Waals surface area contributed by atoms with Gasteiger partial charge >= 0.3 is 0 Å². The van der Waals surface area contributed by atoms with Gasteiger partial charge in [-0.25, -0.2) is 4.98 Å². The molecule has 0 spiro atoms. The van der Waals surface area contributed by atoms with Crippen LogP contribution in [0, 0.1) is 0 Å². The van der Waals surface area contributed by atoms with Crippen LogP contribution in [0.25, 0.3) is 16.2 Å². The van der Waals surface area contributed by atoms with Gasteiger partial charge in [0.1, 0.15) is 5.75 Å². The van der Waals surface area contributed by atoms with E-state index in [1.165, 1.54) is 5.56 Å². The summed E-state index contributed by atoms with van der Waals surface area (Å²) in [6.45, 7) is 2.64. The second-order valence-electron chi connectivity index (χ2n) is 6.86. The van der Waals surface area contributed by atoms with Crippen molar-refractivity contribution in [2.24, 2.45) is 0 Å². The summed E-state index contributed by atoms with van der Waals surface area (Å²) >= 11 is 1.56. The van der Waals surface area contributed by atoms with Crippen LogP contribution in [0.3, 0.4) is 0 Å². The number of nitrogens with zero attached hydrogens (tertiary/aromatic N) is 2. The minimum absolute atomic E-state index is 0.0110. The van der Waals surface area contributed by atoms with E-state index in [9.17, 15) is 4.79 Å². The van der Waals surface area contributed by atoms with Gasteiger partial charge in [-0.1, -0.05) is 43.3 Å². The lowest BCUT2D eigenvalue weighted by Crippen LogP contribution is -2.24. The number of methoxy groups -OCH3 is 1. The molecule has 4 rings (SSSR count). The number of rotatable bonds is 7. The van der Waals surface area contributed by atoms with Crippen molar-refractivity contribution in [2.75, 3.05) is 7.11 Å². The second-order valence-corrected chi connectivity index (χ2v) is 7.69. The first-order valence-electron chi connectivity index (χ1n) is 9.60. The fourth-order valence-electron chi connectivity index (χ4n) is 3.18. The van der Waals surface area contributed by atoms with Crippen LogP contribution in [0.1, 0.15) is 23.7 Å². The fourth-order valence-corrected chi connectivity index (χ4v) is 4.05. The molecule has 0 aliphatic carbocycles. The molecule has 0 fully saturated rings. The summed E-state index contributed by atoms with van der Waals surface area (Å²) in [5.74, 6) is 0.795. The van der Waals surface area contributed by atoms with Crippen LogP contribution in [-0.2, 0) is 24.2 Å². The smallest absolute Gasteiger partial charge is 0.226 e. The molecular formula is C23H23N3O2S. The number of aromatic nitrogens is 2. The maximum absolute atomic E-state index is 12.4. The van der Waals surface area contributed by atoms with Crippen LogP contribution < -0.4 is 10.1 Å². The highest BCUT2D eigenvalue weighted by atomic mass is 32.1. The first kappa shape index (κ1) is 19.2. The van der Waals surface area contributed by atoms with E-state index >= 15 is 0 Å². The highest BCUT2D eigenvalue weighted by molar-refractivity contribution is 7.15. The highest BCUT2D eigenvalue weighted by Crippen LogP contribution is 2.24. The molecule has 0 saturated heterocycles. The van der Waals surface area contributed by atoms with Crippen molar-refractivity contribution in [3.05, 3.63) is 76.9 Å². The van der Waals surface area contributed by atoms with E-state index < -0.39 is 0 Å². The number of imidazole rings is 1. The number of ether oxygens (including phenoxy) is 1. The third kappa shape index (κ3) is 4.32. The van der Waals surface area contributed by atoms with Gasteiger partial charge in [0.05, 0.1) is 19.2 Å². The van der Waals surface area contributed by atoms with Gasteiger partial charge in [-0.05, 0) is 29.7 Å². The normalized spacial score (nSPS) is 11.0. The van der Waals surface area contributed by atoms with Gasteiger partial charge in [-0.2, -0.15) is 0 Å². The van der Waals surface area contributed by atoms with Crippen LogP contribution in [0.4, 0.5) is 0 Å². The number of hydrogen-bond acceptors (Lipinski definition) is 4. The quantitative estimate of drug-likeness (QED) is 0.493. The van der Waals surface area contributed by atoms with Crippen molar-refractivity contribution >= 4 is 22.2 Å². The third-order valence-electron chi connectivity index (χ3n) is 4.93. The monoisotopic (exact) mass is 405 g/mol. The molecule has 148 valence electrons. The van der Waals surface area contributed by atoms with E-state index in [4.69, 9.17) is 9.72 Å². The lowest BCUT2D eigenvalue weighted by Gasteiger charge is -2.06. The summed E-state index contributed by atoms with van der Waals surface area (Å²) in [6, 6.07) is 16.2. The number of carbonyl (C=O) groups is 1. The standard InChI is InChI=1S/C23H23N3O2S/c1-3-16-4-8-18(9-5-16)21-14-26-19(15-29-23(26)25-21)12-22(27)24-13-17-6-10-20(28-2)11-7-17/h4-11,14-15H,3,12-13H2,1-2H3,(H,24,27). The summed E-state index contributed by atoms with van der Waals surface area (Å²) in [4.78, 5) is 18.0. The van der Waals surface area contributed by atoms with Gasteiger partial charge in [0.2, 0.25) is 5.91 Å². The molecule has 29 heavy (non-hydrogen) atoms. The average Bonchev–Trinajstić information content (AvgIpc) is 3.35. The first-order chi connectivity index (χ1) is 14.2. The maximum Gasteiger partial charge on any atom is 0.226 e. The Balaban J connectivity index is 1.43. The fraction of sp³-hybridized carbons (Fsp3) is 0.217. The Labute approximate surface area is 174 Å². The molecule has 6 heteroatoms. The number of nitrogens with one attached hydrogen (secondary N) is 1. The molecule has 0 radical (unpaired) electrons. The van der Waals surface area contributed by atoms with E-state index in [1.807, 2.05) is 40.2 Å². The topological polar surface area (TPSA) is 55.6 Å². The van der Waals surface area contributed by atoms with E-state index in [0.717, 1.165) is 39.6 Å². The summed E-state index contributed by atoms with van der Waals surface area (Å²) in [7, 11) is 1.64. The summed E-state index contributed by atoms with van der Waals surface area (Å²) in [5.41, 5.74) is 5.31. The predicted octanol–water partition coefficient (Wildman–Crippen LogP) is 4.49. The van der Waals surface area contributed by atoms with Crippen LogP contribution in [0.15, 0.2) is 60.1 Å². The Kier molecular flexibility index (Phi) is 5.62. The van der Waals surface area contributed by atoms with E-state index in [1.54, 1.807) is 18.4 Å². The highest BCUT2D eigenvalue weighted by Gasteiger charge is 2.12. The molecule has 0 atom stereocenters. The Bertz CT molecular complexity index is 1110. The van der Waals surface area contributed by atoms with Gasteiger partial charge in [-0.15, -0.1) is 11.3 Å². The number of benzene rings is 2. The van der Waals surface area contributed by atoms with Crippen molar-refractivity contribution in [3.8, 4) is 17.0 Å². The molecule has 2 aromatic carbocycles. The van der Waals surface area contributed by atoms with E-state index in [0.29, 0.717) is 13.0 Å². The first-order valence-corrected chi connectivity index (χ1v) is 10.5. The number of amides is 1. The van der Waals surface area contributed by atoms with Crippen molar-refractivity contribution in [1.82, 2.24) is 14.7 Å². The van der Waals surface area contributed by atoms with Gasteiger partial charge < -0.3 is 10.1 Å². The van der Waals surface area contributed by atoms with Gasteiger partial charge in [0, 0.05) is 29.4 Å². The molecule has 0 saturated carbocycles. The molecule has 2 aromatic heterocycles. The third-order valence-corrected chi connectivity index (χ3v) is 5.82. The molecular weight excluding hydrogens is 382 g/mol. The Morgan fingerprint density at radius 2 is 1.83 bits per heavy atom. The molecule has 0 unspecified atom stereocenters. The predicted molar refractivity (Wildman–Crippen MR) is 116 cm³/mol. The lowest BCUT2D eigenvalue weighted by atomic mass is 10.1. The van der Waals surface area contributed by atoms with Crippen molar-refractivity contribution < 1.29 is 9.53 Å². The van der Waals surface area contributed by atoms with Crippen molar-refractivity contribution in [1.29, 1.82) is 0 Å². The number of fused-ring (bicyclic) bond motifs is 1. The van der Waals surface area contributed by atoms with Gasteiger partial charge in [0.15, 0.2) is 4.96 Å². The SMILES string of the molecule is CCc1ccc(-c2cn3c(CC(=O)NCc4ccc(OC)cc4)csc3n2)cc1. The Hall–Kier alpha value is -3.12. The molecule has 1 N–H and O–H groups in total. The van der Waals surface area contributed by atoms with Crippen LogP contribution in [0.5, 0.6) is 5.75 Å². The zero-order chi connectivity index (χ0) is 20.2. The molecule has 1 amide bonds. The van der Waals surface area contributed by atoms with Crippen LogP contribution >= 0.6 is 11.3 Å². The summed E-state index contributed by atoms with van der Waals surface area (Å²) in [6.07, 6.45) is 3.36. The molecule has 4 aromatic rings. The van der Waals surface area contributed by atoms with E-state index in [2.05, 4.69) is 36.5 Å². The molecule has 2 heterocycles. The summed E-state index contributed by atoms with van der Waals surface area (Å²) in [5, 5.41) is 4.98. The summed E-state index contributed by atoms with van der Waals surface area (Å²) < 4.78 is 7.17.